The van der Waals surface area contributed by atoms with Crippen molar-refractivity contribution in [2.45, 2.75) is 13.0 Å². The predicted molar refractivity (Wildman–Crippen MR) is 71.7 cm³/mol. The molecule has 1 saturated heterocycles. The van der Waals surface area contributed by atoms with E-state index in [1.165, 1.54) is 12.1 Å². The largest absolute Gasteiger partial charge is 0.384 e. The monoisotopic (exact) mass is 277 g/mol. The molecule has 0 bridgehead atoms. The Morgan fingerprint density at radius 2 is 2.40 bits per heavy atom. The fourth-order valence-corrected chi connectivity index (χ4v) is 2.09. The topological polar surface area (TPSA) is 49.8 Å². The molecule has 2 rings (SSSR count). The summed E-state index contributed by atoms with van der Waals surface area (Å²) in [5.74, 6) is 4.11. The van der Waals surface area contributed by atoms with Crippen molar-refractivity contribution in [3.63, 3.8) is 0 Å². The van der Waals surface area contributed by atoms with E-state index in [9.17, 15) is 9.18 Å². The van der Waals surface area contributed by atoms with Crippen LogP contribution in [0.4, 0.5) is 4.39 Å². The van der Waals surface area contributed by atoms with Gasteiger partial charge in [-0.05, 0) is 25.1 Å². The minimum Gasteiger partial charge on any atom is -0.384 e. The smallest absolute Gasteiger partial charge is 0.257 e. The average Bonchev–Trinajstić information content (AvgIpc) is 2.45. The van der Waals surface area contributed by atoms with Gasteiger partial charge in [0, 0.05) is 12.1 Å². The summed E-state index contributed by atoms with van der Waals surface area (Å²) in [4.78, 5) is 13.9. The van der Waals surface area contributed by atoms with Gasteiger partial charge in [0.2, 0.25) is 0 Å². The molecule has 1 aliphatic rings. The van der Waals surface area contributed by atoms with Crippen LogP contribution in [0.15, 0.2) is 18.2 Å². The van der Waals surface area contributed by atoms with E-state index in [1.807, 2.05) is 6.92 Å². The van der Waals surface area contributed by atoms with Gasteiger partial charge in [-0.1, -0.05) is 11.8 Å². The van der Waals surface area contributed by atoms with Gasteiger partial charge in [-0.2, -0.15) is 0 Å². The lowest BCUT2D eigenvalue weighted by Crippen LogP contribution is -2.47. The number of hydrogen-bond acceptors (Lipinski definition) is 3. The number of amides is 1. The summed E-state index contributed by atoms with van der Waals surface area (Å²) in [5, 5.41) is 8.60. The van der Waals surface area contributed by atoms with E-state index in [0.29, 0.717) is 25.3 Å². The number of nitrogens with zero attached hydrogens (tertiary/aromatic N) is 1. The Kier molecular flexibility index (Phi) is 4.72. The molecule has 0 aromatic heterocycles. The van der Waals surface area contributed by atoms with Crippen molar-refractivity contribution in [3.05, 3.63) is 35.1 Å². The quantitative estimate of drug-likeness (QED) is 0.780. The Labute approximate surface area is 117 Å². The fraction of sp³-hybridized carbons (Fsp3) is 0.400. The van der Waals surface area contributed by atoms with Crippen LogP contribution < -0.4 is 0 Å². The highest BCUT2D eigenvalue weighted by molar-refractivity contribution is 5.94. The van der Waals surface area contributed by atoms with Crippen LogP contribution in [0, 0.1) is 17.7 Å². The van der Waals surface area contributed by atoms with E-state index >= 15 is 0 Å². The molecule has 5 heteroatoms. The van der Waals surface area contributed by atoms with Crippen LogP contribution in [-0.2, 0) is 4.74 Å². The highest BCUT2D eigenvalue weighted by Crippen LogP contribution is 2.16. The molecule has 106 valence electrons. The molecule has 20 heavy (non-hydrogen) atoms. The van der Waals surface area contributed by atoms with Crippen LogP contribution in [0.25, 0.3) is 0 Å². The Bertz CT molecular complexity index is 562. The summed E-state index contributed by atoms with van der Waals surface area (Å²) < 4.78 is 19.3. The van der Waals surface area contributed by atoms with E-state index in [0.717, 1.165) is 0 Å². The standard InChI is InChI=1S/C15H16FNO3/c1-11-10-20-8-6-17(11)15(19)13-5-4-12(3-2-7-18)9-14(13)16/h4-5,9,11,18H,6-8,10H2,1H3. The number of morpholine rings is 1. The van der Waals surface area contributed by atoms with Crippen molar-refractivity contribution in [2.24, 2.45) is 0 Å². The number of benzene rings is 1. The minimum atomic E-state index is -0.599. The van der Waals surface area contributed by atoms with Gasteiger partial charge >= 0.3 is 0 Å². The number of halogens is 1. The van der Waals surface area contributed by atoms with Crippen molar-refractivity contribution in [1.82, 2.24) is 4.90 Å². The Morgan fingerprint density at radius 3 is 3.05 bits per heavy atom. The first kappa shape index (κ1) is 14.5. The summed E-state index contributed by atoms with van der Waals surface area (Å²) in [6, 6.07) is 4.15. The summed E-state index contributed by atoms with van der Waals surface area (Å²) in [6.07, 6.45) is 0. The van der Waals surface area contributed by atoms with Crippen molar-refractivity contribution in [1.29, 1.82) is 0 Å². The number of ether oxygens (including phenoxy) is 1. The second kappa shape index (κ2) is 6.51. The van der Waals surface area contributed by atoms with Crippen LogP contribution in [0.3, 0.4) is 0 Å². The molecule has 1 aromatic rings. The molecule has 4 nitrogen and oxygen atoms in total. The molecule has 1 aliphatic heterocycles. The fourth-order valence-electron chi connectivity index (χ4n) is 2.09. The molecule has 1 atom stereocenters. The van der Waals surface area contributed by atoms with Gasteiger partial charge in [-0.3, -0.25) is 4.79 Å². The molecule has 0 aliphatic carbocycles. The molecule has 1 fully saturated rings. The Morgan fingerprint density at radius 1 is 1.60 bits per heavy atom. The van der Waals surface area contributed by atoms with Crippen molar-refractivity contribution < 1.29 is 19.0 Å². The van der Waals surface area contributed by atoms with Gasteiger partial charge in [0.1, 0.15) is 12.4 Å². The van der Waals surface area contributed by atoms with Crippen molar-refractivity contribution in [2.75, 3.05) is 26.4 Å². The number of carbonyl (C=O) groups excluding carboxylic acids is 1. The highest BCUT2D eigenvalue weighted by Gasteiger charge is 2.26. The Hall–Kier alpha value is -1.90. The molecule has 0 saturated carbocycles. The van der Waals surface area contributed by atoms with Gasteiger partial charge < -0.3 is 14.7 Å². The minimum absolute atomic E-state index is 0.0355. The van der Waals surface area contributed by atoms with Crippen LogP contribution in [-0.4, -0.2) is 48.3 Å². The normalized spacial score (nSPS) is 18.4. The van der Waals surface area contributed by atoms with Crippen molar-refractivity contribution >= 4 is 5.91 Å². The summed E-state index contributed by atoms with van der Waals surface area (Å²) >= 11 is 0. The van der Waals surface area contributed by atoms with E-state index in [1.54, 1.807) is 11.0 Å². The van der Waals surface area contributed by atoms with Gasteiger partial charge in [0.15, 0.2) is 0 Å². The second-order valence-corrected chi connectivity index (χ2v) is 4.58. The number of carbonyl (C=O) groups is 1. The van der Waals surface area contributed by atoms with Crippen LogP contribution >= 0.6 is 0 Å². The summed E-state index contributed by atoms with van der Waals surface area (Å²) in [5.41, 5.74) is 0.469. The highest BCUT2D eigenvalue weighted by atomic mass is 19.1. The third-order valence-corrected chi connectivity index (χ3v) is 3.14. The lowest BCUT2D eigenvalue weighted by Gasteiger charge is -2.33. The molecule has 1 unspecified atom stereocenters. The second-order valence-electron chi connectivity index (χ2n) is 4.58. The third-order valence-electron chi connectivity index (χ3n) is 3.14. The molecule has 1 N–H and O–H groups in total. The van der Waals surface area contributed by atoms with Gasteiger partial charge in [-0.15, -0.1) is 0 Å². The van der Waals surface area contributed by atoms with E-state index in [-0.39, 0.29) is 24.1 Å². The van der Waals surface area contributed by atoms with Crippen molar-refractivity contribution in [3.8, 4) is 11.8 Å². The lowest BCUT2D eigenvalue weighted by molar-refractivity contribution is 0.00335. The predicted octanol–water partition coefficient (Wildman–Crippen LogP) is 1.03. The van der Waals surface area contributed by atoms with Crippen LogP contribution in [0.5, 0.6) is 0 Å². The number of aliphatic hydroxyl groups is 1. The maximum absolute atomic E-state index is 14.0. The van der Waals surface area contributed by atoms with Gasteiger partial charge in [-0.25, -0.2) is 4.39 Å². The third kappa shape index (κ3) is 3.16. The molecule has 0 spiro atoms. The molecule has 1 heterocycles. The first-order valence-electron chi connectivity index (χ1n) is 6.41. The molecular formula is C15H16FNO3. The average molecular weight is 277 g/mol. The van der Waals surface area contributed by atoms with E-state index < -0.39 is 5.82 Å². The first-order chi connectivity index (χ1) is 9.63. The zero-order chi connectivity index (χ0) is 14.5. The summed E-state index contributed by atoms with van der Waals surface area (Å²) in [7, 11) is 0. The van der Waals surface area contributed by atoms with E-state index in [4.69, 9.17) is 9.84 Å². The zero-order valence-electron chi connectivity index (χ0n) is 11.2. The molecular weight excluding hydrogens is 261 g/mol. The SMILES string of the molecule is CC1COCCN1C(=O)c1ccc(C#CCO)cc1F. The lowest BCUT2D eigenvalue weighted by atomic mass is 10.1. The first-order valence-corrected chi connectivity index (χ1v) is 6.41. The Balaban J connectivity index is 2.22. The number of rotatable bonds is 1. The summed E-state index contributed by atoms with van der Waals surface area (Å²) in [6.45, 7) is 2.99. The van der Waals surface area contributed by atoms with E-state index in [2.05, 4.69) is 11.8 Å². The zero-order valence-corrected chi connectivity index (χ0v) is 11.2. The maximum atomic E-state index is 14.0. The molecule has 0 radical (unpaired) electrons. The van der Waals surface area contributed by atoms with Crippen LogP contribution in [0.1, 0.15) is 22.8 Å². The number of aliphatic hydroxyl groups excluding tert-OH is 1. The maximum Gasteiger partial charge on any atom is 0.257 e. The molecule has 1 aromatic carbocycles. The molecule has 1 amide bonds. The van der Waals surface area contributed by atoms with Crippen LogP contribution in [0.2, 0.25) is 0 Å². The number of hydrogen-bond donors (Lipinski definition) is 1. The van der Waals surface area contributed by atoms with Gasteiger partial charge in [0.25, 0.3) is 5.91 Å². The van der Waals surface area contributed by atoms with Gasteiger partial charge in [0.05, 0.1) is 24.8 Å².